The lowest BCUT2D eigenvalue weighted by Crippen LogP contribution is -2.21. The second kappa shape index (κ2) is 8.52. The van der Waals surface area contributed by atoms with Crippen LogP contribution >= 0.6 is 0 Å². The van der Waals surface area contributed by atoms with E-state index in [1.54, 1.807) is 13.0 Å². The second-order valence-corrected chi connectivity index (χ2v) is 6.46. The van der Waals surface area contributed by atoms with Crippen LogP contribution in [0.25, 0.3) is 11.0 Å². The van der Waals surface area contributed by atoms with Gasteiger partial charge in [-0.25, -0.2) is 9.59 Å². The molecule has 0 saturated heterocycles. The zero-order valence-electron chi connectivity index (χ0n) is 16.1. The molecule has 0 unspecified atom stereocenters. The number of nitrogens with zero attached hydrogens (tertiary/aromatic N) is 1. The maximum Gasteiger partial charge on any atom is 0.354 e. The van der Waals surface area contributed by atoms with Gasteiger partial charge in [0, 0.05) is 17.9 Å². The molecule has 3 rings (SSSR count). The summed E-state index contributed by atoms with van der Waals surface area (Å²) in [5.41, 5.74) is 6.73. The summed E-state index contributed by atoms with van der Waals surface area (Å²) in [4.78, 5) is 23.9. The molecule has 0 saturated carbocycles. The van der Waals surface area contributed by atoms with E-state index >= 15 is 0 Å². The third-order valence-corrected chi connectivity index (χ3v) is 4.33. The summed E-state index contributed by atoms with van der Waals surface area (Å²) in [6.45, 7) is 5.76. The van der Waals surface area contributed by atoms with Crippen LogP contribution in [0.3, 0.4) is 0 Å². The van der Waals surface area contributed by atoms with Crippen LogP contribution in [-0.4, -0.2) is 18.3 Å². The number of carbonyl (C=O) groups is 1. The number of esters is 1. The number of aryl methyl sites for hydroxylation is 2. The molecule has 0 amide bonds. The number of hydrazone groups is 1. The van der Waals surface area contributed by atoms with E-state index in [9.17, 15) is 9.59 Å². The van der Waals surface area contributed by atoms with Gasteiger partial charge in [0.25, 0.3) is 0 Å². The number of rotatable bonds is 6. The number of benzene rings is 2. The molecule has 1 heterocycles. The summed E-state index contributed by atoms with van der Waals surface area (Å²) in [6.07, 6.45) is 0.354. The van der Waals surface area contributed by atoms with Crippen molar-refractivity contribution in [3.63, 3.8) is 0 Å². The Morgan fingerprint density at radius 1 is 1.11 bits per heavy atom. The van der Waals surface area contributed by atoms with Gasteiger partial charge < -0.3 is 9.15 Å². The van der Waals surface area contributed by atoms with E-state index in [0.717, 1.165) is 27.8 Å². The van der Waals surface area contributed by atoms with Gasteiger partial charge in [0.05, 0.1) is 12.3 Å². The molecule has 1 aromatic heterocycles. The predicted octanol–water partition coefficient (Wildman–Crippen LogP) is 3.98. The highest BCUT2D eigenvalue weighted by Gasteiger charge is 2.14. The van der Waals surface area contributed by atoms with Crippen molar-refractivity contribution in [2.24, 2.45) is 5.10 Å². The number of anilines is 1. The van der Waals surface area contributed by atoms with E-state index in [2.05, 4.69) is 10.5 Å². The molecule has 0 aliphatic carbocycles. The Bertz CT molecular complexity index is 1080. The maximum atomic E-state index is 12.3. The van der Waals surface area contributed by atoms with E-state index in [4.69, 9.17) is 9.15 Å². The van der Waals surface area contributed by atoms with Crippen LogP contribution in [0, 0.1) is 13.8 Å². The number of hydrogen-bond donors (Lipinski definition) is 1. The first-order chi connectivity index (χ1) is 13.5. The molecular formula is C22H22N2O4. The Kier molecular flexibility index (Phi) is 5.89. The molecule has 0 bridgehead atoms. The number of hydrogen-bond acceptors (Lipinski definition) is 6. The molecule has 0 aliphatic heterocycles. The summed E-state index contributed by atoms with van der Waals surface area (Å²) < 4.78 is 10.4. The van der Waals surface area contributed by atoms with E-state index in [1.165, 1.54) is 6.07 Å². The van der Waals surface area contributed by atoms with Crippen LogP contribution in [-0.2, 0) is 16.0 Å². The number of carbonyl (C=O) groups excluding carboxylic acids is 1. The first-order valence-corrected chi connectivity index (χ1v) is 9.06. The molecule has 6 nitrogen and oxygen atoms in total. The van der Waals surface area contributed by atoms with Crippen molar-refractivity contribution in [3.8, 4) is 0 Å². The topological polar surface area (TPSA) is 80.9 Å². The Hall–Kier alpha value is -3.41. The standard InChI is InChI=1S/C22H22N2O4/c1-4-27-22(26)19(12-16-8-6-5-7-9-16)24-23-18-13-17-14(2)11-21(25)28-20(17)10-15(18)3/h5-11,13,23H,4,12H2,1-3H3/b24-19-. The molecule has 0 spiro atoms. The van der Waals surface area contributed by atoms with Crippen LogP contribution in [0.15, 0.2) is 62.8 Å². The smallest absolute Gasteiger partial charge is 0.354 e. The lowest BCUT2D eigenvalue weighted by Gasteiger charge is -2.11. The minimum atomic E-state index is -0.459. The summed E-state index contributed by atoms with van der Waals surface area (Å²) in [7, 11) is 0. The molecule has 0 atom stereocenters. The zero-order valence-corrected chi connectivity index (χ0v) is 16.1. The summed E-state index contributed by atoms with van der Waals surface area (Å²) in [6, 6.07) is 14.7. The van der Waals surface area contributed by atoms with Crippen molar-refractivity contribution >= 4 is 28.3 Å². The van der Waals surface area contributed by atoms with Gasteiger partial charge in [0.1, 0.15) is 11.3 Å². The van der Waals surface area contributed by atoms with Gasteiger partial charge in [0.2, 0.25) is 0 Å². The fraction of sp³-hybridized carbons (Fsp3) is 0.227. The van der Waals surface area contributed by atoms with Crippen molar-refractivity contribution in [1.29, 1.82) is 0 Å². The molecule has 144 valence electrons. The Morgan fingerprint density at radius 3 is 2.57 bits per heavy atom. The molecule has 6 heteroatoms. The van der Waals surface area contributed by atoms with Gasteiger partial charge in [-0.2, -0.15) is 5.10 Å². The Balaban J connectivity index is 1.94. The normalized spacial score (nSPS) is 11.5. The van der Waals surface area contributed by atoms with Crippen LogP contribution < -0.4 is 11.1 Å². The first-order valence-electron chi connectivity index (χ1n) is 9.06. The highest BCUT2D eigenvalue weighted by molar-refractivity contribution is 6.37. The molecule has 28 heavy (non-hydrogen) atoms. The minimum Gasteiger partial charge on any atom is -0.461 e. The third kappa shape index (κ3) is 4.46. The predicted molar refractivity (Wildman–Crippen MR) is 110 cm³/mol. The lowest BCUT2D eigenvalue weighted by atomic mass is 10.1. The quantitative estimate of drug-likeness (QED) is 0.304. The molecule has 0 radical (unpaired) electrons. The lowest BCUT2D eigenvalue weighted by molar-refractivity contribution is -0.135. The van der Waals surface area contributed by atoms with Gasteiger partial charge in [0.15, 0.2) is 0 Å². The minimum absolute atomic E-state index is 0.278. The second-order valence-electron chi connectivity index (χ2n) is 6.46. The average molecular weight is 378 g/mol. The van der Waals surface area contributed by atoms with Crippen molar-refractivity contribution in [2.45, 2.75) is 27.2 Å². The van der Waals surface area contributed by atoms with E-state index in [1.807, 2.05) is 50.2 Å². The molecule has 2 aromatic carbocycles. The number of ether oxygens (including phenoxy) is 1. The Morgan fingerprint density at radius 2 is 1.86 bits per heavy atom. The number of nitrogens with one attached hydrogen (secondary N) is 1. The van der Waals surface area contributed by atoms with Gasteiger partial charge in [-0.3, -0.25) is 5.43 Å². The largest absolute Gasteiger partial charge is 0.461 e. The maximum absolute atomic E-state index is 12.3. The van der Waals surface area contributed by atoms with E-state index in [0.29, 0.717) is 12.0 Å². The summed E-state index contributed by atoms with van der Waals surface area (Å²) >= 11 is 0. The summed E-state index contributed by atoms with van der Waals surface area (Å²) in [5.74, 6) is -0.459. The average Bonchev–Trinajstić information content (AvgIpc) is 2.66. The van der Waals surface area contributed by atoms with Crippen molar-refractivity contribution in [1.82, 2.24) is 0 Å². The molecule has 0 fully saturated rings. The van der Waals surface area contributed by atoms with Crippen molar-refractivity contribution < 1.29 is 13.9 Å². The highest BCUT2D eigenvalue weighted by atomic mass is 16.5. The fourth-order valence-electron chi connectivity index (χ4n) is 2.88. The third-order valence-electron chi connectivity index (χ3n) is 4.33. The molecular weight excluding hydrogens is 356 g/mol. The number of fused-ring (bicyclic) bond motifs is 1. The molecule has 3 aromatic rings. The van der Waals surface area contributed by atoms with Gasteiger partial charge >= 0.3 is 11.6 Å². The van der Waals surface area contributed by atoms with Gasteiger partial charge in [-0.15, -0.1) is 0 Å². The van der Waals surface area contributed by atoms with Crippen LogP contribution in [0.2, 0.25) is 0 Å². The van der Waals surface area contributed by atoms with Crippen molar-refractivity contribution in [3.05, 3.63) is 75.6 Å². The van der Waals surface area contributed by atoms with Gasteiger partial charge in [-0.1, -0.05) is 30.3 Å². The van der Waals surface area contributed by atoms with Crippen LogP contribution in [0.5, 0.6) is 0 Å². The molecule has 1 N–H and O–H groups in total. The van der Waals surface area contributed by atoms with Crippen LogP contribution in [0.1, 0.15) is 23.6 Å². The van der Waals surface area contributed by atoms with Crippen molar-refractivity contribution in [2.75, 3.05) is 12.0 Å². The van der Waals surface area contributed by atoms with Crippen LogP contribution in [0.4, 0.5) is 5.69 Å². The Labute approximate surface area is 162 Å². The summed E-state index contributed by atoms with van der Waals surface area (Å²) in [5, 5.41) is 5.13. The molecule has 0 aliphatic rings. The fourth-order valence-corrected chi connectivity index (χ4v) is 2.88. The SMILES string of the molecule is CCOC(=O)/C(Cc1ccccc1)=N\Nc1cc2c(C)cc(=O)oc2cc1C. The zero-order chi connectivity index (χ0) is 20.1. The monoisotopic (exact) mass is 378 g/mol. The highest BCUT2D eigenvalue weighted by Crippen LogP contribution is 2.25. The van der Waals surface area contributed by atoms with E-state index in [-0.39, 0.29) is 17.9 Å². The van der Waals surface area contributed by atoms with E-state index < -0.39 is 5.97 Å². The van der Waals surface area contributed by atoms with Gasteiger partial charge in [-0.05, 0) is 49.6 Å². The first kappa shape index (κ1) is 19.4.